The van der Waals surface area contributed by atoms with Crippen LogP contribution in [0.2, 0.25) is 0 Å². The van der Waals surface area contributed by atoms with Crippen molar-refractivity contribution >= 4 is 5.69 Å². The Kier molecular flexibility index (Phi) is 3.83. The zero-order valence-electron chi connectivity index (χ0n) is 14.4. The minimum absolute atomic E-state index is 0.0237. The number of nitrogens with two attached hydrogens (primary N) is 1. The van der Waals surface area contributed by atoms with E-state index in [9.17, 15) is 10.1 Å². The van der Waals surface area contributed by atoms with Crippen LogP contribution in [-0.2, 0) is 0 Å². The van der Waals surface area contributed by atoms with E-state index in [-0.39, 0.29) is 35.4 Å². The molecule has 5 N–H and O–H groups in total. The number of nitrogens with zero attached hydrogens (tertiary/aromatic N) is 1. The molecule has 2 aromatic rings. The van der Waals surface area contributed by atoms with E-state index in [0.29, 0.717) is 11.4 Å². The normalized spacial score (nSPS) is 26.3. The highest BCUT2D eigenvalue weighted by Crippen LogP contribution is 2.47. The summed E-state index contributed by atoms with van der Waals surface area (Å²) in [7, 11) is 1.61. The molecular weight excluding hydrogens is 334 g/mol. The highest BCUT2D eigenvalue weighted by atomic mass is 16.5. The Morgan fingerprint density at radius 2 is 2.00 bits per heavy atom. The molecule has 3 heterocycles. The highest BCUT2D eigenvalue weighted by Gasteiger charge is 2.47. The van der Waals surface area contributed by atoms with Crippen LogP contribution in [0.25, 0.3) is 0 Å². The predicted molar refractivity (Wildman–Crippen MR) is 94.7 cm³/mol. The van der Waals surface area contributed by atoms with Crippen LogP contribution in [0.1, 0.15) is 29.5 Å². The smallest absolute Gasteiger partial charge is 0.270 e. The maximum Gasteiger partial charge on any atom is 0.270 e. The minimum Gasteiger partial charge on any atom is -0.497 e. The molecule has 2 aliphatic rings. The number of rotatable bonds is 2. The van der Waals surface area contributed by atoms with Gasteiger partial charge in [0.2, 0.25) is 5.88 Å². The van der Waals surface area contributed by atoms with Crippen LogP contribution in [-0.4, -0.2) is 24.4 Å². The van der Waals surface area contributed by atoms with Gasteiger partial charge in [0, 0.05) is 23.4 Å². The van der Waals surface area contributed by atoms with E-state index in [2.05, 4.69) is 22.8 Å². The van der Waals surface area contributed by atoms with Crippen molar-refractivity contribution in [3.05, 3.63) is 51.3 Å². The molecular formula is C18H19N5O3. The van der Waals surface area contributed by atoms with Gasteiger partial charge in [-0.15, -0.1) is 0 Å². The number of anilines is 1. The molecule has 0 amide bonds. The van der Waals surface area contributed by atoms with Crippen LogP contribution >= 0.6 is 0 Å². The molecule has 0 saturated carbocycles. The lowest BCUT2D eigenvalue weighted by atomic mass is 9.75. The molecule has 2 aliphatic heterocycles. The lowest BCUT2D eigenvalue weighted by molar-refractivity contribution is 0.0968. The highest BCUT2D eigenvalue weighted by molar-refractivity contribution is 5.65. The number of fused-ring (bicyclic) bond motifs is 2. The second-order valence-electron chi connectivity index (χ2n) is 6.54. The third kappa shape index (κ3) is 2.33. The summed E-state index contributed by atoms with van der Waals surface area (Å²) in [4.78, 5) is 14.8. The van der Waals surface area contributed by atoms with Crippen LogP contribution in [0.15, 0.2) is 29.1 Å². The maximum absolute atomic E-state index is 12.1. The summed E-state index contributed by atoms with van der Waals surface area (Å²) in [5.41, 5.74) is 13.7. The number of hydrogen-bond acceptors (Lipinski definition) is 7. The van der Waals surface area contributed by atoms with E-state index >= 15 is 0 Å². The van der Waals surface area contributed by atoms with Crippen LogP contribution in [0, 0.1) is 17.2 Å². The summed E-state index contributed by atoms with van der Waals surface area (Å²) >= 11 is 0. The molecule has 1 aromatic heterocycles. The average molecular weight is 353 g/mol. The Morgan fingerprint density at radius 3 is 2.65 bits per heavy atom. The number of methoxy groups -OCH3 is 1. The number of benzene rings is 1. The van der Waals surface area contributed by atoms with E-state index in [1.807, 2.05) is 30.3 Å². The zero-order chi connectivity index (χ0) is 18.4. The summed E-state index contributed by atoms with van der Waals surface area (Å²) in [6.45, 7) is 2.05. The van der Waals surface area contributed by atoms with Crippen molar-refractivity contribution in [1.29, 1.82) is 5.26 Å². The SMILES string of the molecule is COc1ccc(C2c3c([nH]c(=O)c(C#N)c3N)OC3NNC(C)C32)cc1. The maximum atomic E-state index is 12.1. The molecule has 1 fully saturated rings. The van der Waals surface area contributed by atoms with Crippen molar-refractivity contribution in [3.8, 4) is 17.7 Å². The van der Waals surface area contributed by atoms with Gasteiger partial charge in [-0.25, -0.2) is 5.43 Å². The Bertz CT molecular complexity index is 947. The molecule has 134 valence electrons. The number of aromatic amines is 1. The standard InChI is InChI=1S/C18H19N5O3/c1-8-12-13(9-3-5-10(25-2)6-4-9)14-15(20)11(7-19)16(24)21-17(14)26-18(12)23-22-8/h3-6,8,12-13,18,22-23H,1-2H3,(H3,20,21,24). The second-order valence-corrected chi connectivity index (χ2v) is 6.54. The molecule has 4 rings (SSSR count). The number of hydrogen-bond donors (Lipinski definition) is 4. The van der Waals surface area contributed by atoms with Crippen LogP contribution in [0.3, 0.4) is 0 Å². The van der Waals surface area contributed by atoms with Crippen molar-refractivity contribution in [2.75, 3.05) is 12.8 Å². The van der Waals surface area contributed by atoms with Gasteiger partial charge < -0.3 is 15.2 Å². The van der Waals surface area contributed by atoms with Gasteiger partial charge in [0.05, 0.1) is 12.8 Å². The monoisotopic (exact) mass is 353 g/mol. The lowest BCUT2D eigenvalue weighted by Crippen LogP contribution is -2.43. The van der Waals surface area contributed by atoms with E-state index < -0.39 is 5.56 Å². The number of pyridine rings is 1. The number of nitrogen functional groups attached to an aromatic ring is 1. The Balaban J connectivity index is 1.95. The Labute approximate surface area is 149 Å². The number of ether oxygens (including phenoxy) is 2. The zero-order valence-corrected chi connectivity index (χ0v) is 14.4. The van der Waals surface area contributed by atoms with E-state index in [1.54, 1.807) is 7.11 Å². The minimum atomic E-state index is -0.547. The van der Waals surface area contributed by atoms with Crippen LogP contribution in [0.5, 0.6) is 11.6 Å². The van der Waals surface area contributed by atoms with Gasteiger partial charge in [0.1, 0.15) is 17.4 Å². The van der Waals surface area contributed by atoms with Crippen molar-refractivity contribution in [2.24, 2.45) is 5.92 Å². The van der Waals surface area contributed by atoms with E-state index in [0.717, 1.165) is 11.3 Å². The fourth-order valence-electron chi connectivity index (χ4n) is 3.88. The summed E-state index contributed by atoms with van der Waals surface area (Å²) < 4.78 is 11.2. The molecule has 0 radical (unpaired) electrons. The summed E-state index contributed by atoms with van der Waals surface area (Å²) in [6, 6.07) is 9.70. The van der Waals surface area contributed by atoms with E-state index in [4.69, 9.17) is 15.2 Å². The lowest BCUT2D eigenvalue weighted by Gasteiger charge is -2.37. The first-order chi connectivity index (χ1) is 12.5. The predicted octanol–water partition coefficient (Wildman–Crippen LogP) is 0.800. The molecule has 4 unspecified atom stereocenters. The van der Waals surface area contributed by atoms with Gasteiger partial charge in [-0.05, 0) is 24.6 Å². The molecule has 0 aliphatic carbocycles. The molecule has 1 saturated heterocycles. The number of nitrogens with one attached hydrogen (secondary N) is 3. The number of nitriles is 1. The van der Waals surface area contributed by atoms with Crippen molar-refractivity contribution < 1.29 is 9.47 Å². The van der Waals surface area contributed by atoms with Crippen molar-refractivity contribution in [3.63, 3.8) is 0 Å². The number of hydrazine groups is 1. The first-order valence-electron chi connectivity index (χ1n) is 8.32. The summed E-state index contributed by atoms with van der Waals surface area (Å²) in [6.07, 6.45) is -0.326. The summed E-state index contributed by atoms with van der Waals surface area (Å²) in [5.74, 6) is 0.921. The molecule has 0 bridgehead atoms. The quantitative estimate of drug-likeness (QED) is 0.629. The van der Waals surface area contributed by atoms with Gasteiger partial charge in [-0.2, -0.15) is 5.26 Å². The third-order valence-corrected chi connectivity index (χ3v) is 5.17. The van der Waals surface area contributed by atoms with Crippen LogP contribution < -0.4 is 31.6 Å². The number of H-pyrrole nitrogens is 1. The summed E-state index contributed by atoms with van der Waals surface area (Å²) in [5, 5.41) is 9.33. The van der Waals surface area contributed by atoms with Gasteiger partial charge in [0.25, 0.3) is 5.56 Å². The first kappa shape index (κ1) is 16.4. The van der Waals surface area contributed by atoms with Gasteiger partial charge >= 0.3 is 0 Å². The molecule has 8 heteroatoms. The van der Waals surface area contributed by atoms with Crippen LogP contribution in [0.4, 0.5) is 5.69 Å². The fourth-order valence-corrected chi connectivity index (χ4v) is 3.88. The number of aromatic nitrogens is 1. The molecule has 4 atom stereocenters. The fraction of sp³-hybridized carbons (Fsp3) is 0.333. The van der Waals surface area contributed by atoms with Crippen molar-refractivity contribution in [1.82, 2.24) is 15.8 Å². The molecule has 8 nitrogen and oxygen atoms in total. The molecule has 26 heavy (non-hydrogen) atoms. The Hall–Kier alpha value is -3.02. The first-order valence-corrected chi connectivity index (χ1v) is 8.32. The van der Waals surface area contributed by atoms with E-state index in [1.165, 1.54) is 0 Å². The van der Waals surface area contributed by atoms with Gasteiger partial charge in [0.15, 0.2) is 6.23 Å². The largest absolute Gasteiger partial charge is 0.497 e. The third-order valence-electron chi connectivity index (χ3n) is 5.17. The second kappa shape index (κ2) is 6.05. The molecule has 1 aromatic carbocycles. The van der Waals surface area contributed by atoms with Gasteiger partial charge in [-0.3, -0.25) is 15.2 Å². The Morgan fingerprint density at radius 1 is 1.27 bits per heavy atom. The average Bonchev–Trinajstić information content (AvgIpc) is 3.01. The molecule has 0 spiro atoms. The van der Waals surface area contributed by atoms with Crippen molar-refractivity contribution in [2.45, 2.75) is 25.1 Å². The van der Waals surface area contributed by atoms with Gasteiger partial charge in [-0.1, -0.05) is 12.1 Å². The topological polar surface area (TPSA) is 125 Å².